The number of hydrogen-bond acceptors (Lipinski definition) is 5. The molecule has 0 radical (unpaired) electrons. The summed E-state index contributed by atoms with van der Waals surface area (Å²) in [7, 11) is 1.64. The number of likely N-dealkylation sites (N-methyl/N-ethyl adjacent to an activating group) is 1. The summed E-state index contributed by atoms with van der Waals surface area (Å²) in [6.07, 6.45) is 0. The lowest BCUT2D eigenvalue weighted by Gasteiger charge is -2.14. The molecule has 5 heteroatoms. The third kappa shape index (κ3) is 2.31. The van der Waals surface area contributed by atoms with E-state index < -0.39 is 0 Å². The van der Waals surface area contributed by atoms with Crippen molar-refractivity contribution in [3.8, 4) is 5.75 Å². The van der Waals surface area contributed by atoms with E-state index in [2.05, 4.69) is 17.2 Å². The molecule has 0 bridgehead atoms. The summed E-state index contributed by atoms with van der Waals surface area (Å²) in [5, 5.41) is 3.41. The normalized spacial score (nSPS) is 23.1. The number of benzene rings is 1. The molecule has 1 N–H and O–H groups in total. The van der Waals surface area contributed by atoms with Gasteiger partial charge in [-0.3, -0.25) is 0 Å². The maximum atomic E-state index is 5.86. The topological polar surface area (TPSA) is 56.5 Å². The molecule has 2 heterocycles. The number of methoxy groups -OCH3 is 1. The first-order valence-electron chi connectivity index (χ1n) is 6.57. The smallest absolute Gasteiger partial charge is 0.202 e. The van der Waals surface area contributed by atoms with Crippen molar-refractivity contribution in [2.75, 3.05) is 26.9 Å². The molecule has 2 unspecified atom stereocenters. The van der Waals surface area contributed by atoms with Gasteiger partial charge in [0.15, 0.2) is 5.58 Å². The van der Waals surface area contributed by atoms with E-state index in [0.29, 0.717) is 13.2 Å². The molecule has 0 aliphatic carbocycles. The fourth-order valence-corrected chi connectivity index (χ4v) is 2.47. The van der Waals surface area contributed by atoms with E-state index in [9.17, 15) is 0 Å². The standard InChI is InChI=1S/C14H18N2O3/c1-3-15-12-8-18-7-10(12)14-16-11-5-4-9(17-2)6-13(11)19-14/h4-6,10,12,15H,3,7-8H2,1-2H3. The van der Waals surface area contributed by atoms with E-state index in [-0.39, 0.29) is 12.0 Å². The number of oxazole rings is 1. The minimum absolute atomic E-state index is 0.179. The highest BCUT2D eigenvalue weighted by molar-refractivity contribution is 5.74. The minimum atomic E-state index is 0.179. The van der Waals surface area contributed by atoms with Gasteiger partial charge in [-0.05, 0) is 18.7 Å². The van der Waals surface area contributed by atoms with Crippen molar-refractivity contribution in [3.05, 3.63) is 24.1 Å². The van der Waals surface area contributed by atoms with Gasteiger partial charge in [-0.15, -0.1) is 0 Å². The van der Waals surface area contributed by atoms with Gasteiger partial charge in [-0.2, -0.15) is 0 Å². The van der Waals surface area contributed by atoms with Crippen LogP contribution in [0.2, 0.25) is 0 Å². The average molecular weight is 262 g/mol. The van der Waals surface area contributed by atoms with Crippen LogP contribution in [0.1, 0.15) is 18.7 Å². The summed E-state index contributed by atoms with van der Waals surface area (Å²) in [5.41, 5.74) is 1.62. The van der Waals surface area contributed by atoms with Gasteiger partial charge >= 0.3 is 0 Å². The van der Waals surface area contributed by atoms with E-state index in [4.69, 9.17) is 13.9 Å². The SMILES string of the molecule is CCNC1COCC1c1nc2ccc(OC)cc2o1. The lowest BCUT2D eigenvalue weighted by molar-refractivity contribution is 0.186. The fourth-order valence-electron chi connectivity index (χ4n) is 2.47. The minimum Gasteiger partial charge on any atom is -0.497 e. The molecule has 0 spiro atoms. The van der Waals surface area contributed by atoms with Crippen LogP contribution in [-0.4, -0.2) is 37.9 Å². The second-order valence-corrected chi connectivity index (χ2v) is 4.69. The summed E-state index contributed by atoms with van der Waals surface area (Å²) in [5.74, 6) is 1.70. The Morgan fingerprint density at radius 1 is 1.42 bits per heavy atom. The second-order valence-electron chi connectivity index (χ2n) is 4.69. The Morgan fingerprint density at radius 3 is 3.11 bits per heavy atom. The van der Waals surface area contributed by atoms with Gasteiger partial charge in [0.2, 0.25) is 5.89 Å². The number of rotatable bonds is 4. The van der Waals surface area contributed by atoms with Gasteiger partial charge in [0, 0.05) is 12.1 Å². The Hall–Kier alpha value is -1.59. The quantitative estimate of drug-likeness (QED) is 0.912. The monoisotopic (exact) mass is 262 g/mol. The van der Waals surface area contributed by atoms with Gasteiger partial charge in [-0.1, -0.05) is 6.92 Å². The van der Waals surface area contributed by atoms with E-state index >= 15 is 0 Å². The summed E-state index contributed by atoms with van der Waals surface area (Å²) in [6.45, 7) is 4.37. The van der Waals surface area contributed by atoms with Crippen LogP contribution in [0.25, 0.3) is 11.1 Å². The Labute approximate surface area is 111 Å². The van der Waals surface area contributed by atoms with Crippen molar-refractivity contribution in [1.82, 2.24) is 10.3 Å². The summed E-state index contributed by atoms with van der Waals surface area (Å²) in [4.78, 5) is 4.56. The third-order valence-electron chi connectivity index (χ3n) is 3.48. The van der Waals surface area contributed by atoms with Crippen LogP contribution < -0.4 is 10.1 Å². The van der Waals surface area contributed by atoms with E-state index in [1.54, 1.807) is 7.11 Å². The molecule has 3 rings (SSSR count). The Kier molecular flexibility index (Phi) is 3.40. The molecule has 19 heavy (non-hydrogen) atoms. The first-order valence-corrected chi connectivity index (χ1v) is 6.57. The zero-order valence-corrected chi connectivity index (χ0v) is 11.2. The van der Waals surface area contributed by atoms with Crippen LogP contribution in [0.5, 0.6) is 5.75 Å². The predicted molar refractivity (Wildman–Crippen MR) is 71.6 cm³/mol. The second kappa shape index (κ2) is 5.19. The lowest BCUT2D eigenvalue weighted by Crippen LogP contribution is -2.34. The van der Waals surface area contributed by atoms with Crippen molar-refractivity contribution >= 4 is 11.1 Å². The number of hydrogen-bond donors (Lipinski definition) is 1. The zero-order chi connectivity index (χ0) is 13.2. The van der Waals surface area contributed by atoms with E-state index in [1.165, 1.54) is 0 Å². The summed E-state index contributed by atoms with van der Waals surface area (Å²) >= 11 is 0. The van der Waals surface area contributed by atoms with Crippen molar-refractivity contribution in [1.29, 1.82) is 0 Å². The van der Waals surface area contributed by atoms with E-state index in [0.717, 1.165) is 29.3 Å². The summed E-state index contributed by atoms with van der Waals surface area (Å²) in [6, 6.07) is 5.95. The fraction of sp³-hybridized carbons (Fsp3) is 0.500. The van der Waals surface area contributed by atoms with Gasteiger partial charge in [0.05, 0.1) is 26.2 Å². The molecule has 2 atom stereocenters. The highest BCUT2D eigenvalue weighted by atomic mass is 16.5. The molecule has 1 aliphatic rings. The van der Waals surface area contributed by atoms with Crippen LogP contribution in [0.4, 0.5) is 0 Å². The van der Waals surface area contributed by atoms with Crippen LogP contribution in [-0.2, 0) is 4.74 Å². The van der Waals surface area contributed by atoms with Crippen LogP contribution >= 0.6 is 0 Å². The molecule has 5 nitrogen and oxygen atoms in total. The molecule has 102 valence electrons. The molecule has 1 fully saturated rings. The molecule has 1 aromatic heterocycles. The highest BCUT2D eigenvalue weighted by Crippen LogP contribution is 2.29. The molecule has 1 aromatic carbocycles. The van der Waals surface area contributed by atoms with Gasteiger partial charge in [0.25, 0.3) is 0 Å². The molecule has 0 amide bonds. The van der Waals surface area contributed by atoms with Crippen LogP contribution in [0.3, 0.4) is 0 Å². The maximum absolute atomic E-state index is 5.86. The first kappa shape index (κ1) is 12.4. The third-order valence-corrected chi connectivity index (χ3v) is 3.48. The number of nitrogens with zero attached hydrogens (tertiary/aromatic N) is 1. The first-order chi connectivity index (χ1) is 9.31. The number of aromatic nitrogens is 1. The van der Waals surface area contributed by atoms with Crippen molar-refractivity contribution in [2.24, 2.45) is 0 Å². The Morgan fingerprint density at radius 2 is 2.32 bits per heavy atom. The Bertz CT molecular complexity index is 567. The molecule has 1 saturated heterocycles. The maximum Gasteiger partial charge on any atom is 0.202 e. The number of nitrogens with one attached hydrogen (secondary N) is 1. The molecule has 2 aromatic rings. The van der Waals surface area contributed by atoms with Crippen molar-refractivity contribution < 1.29 is 13.9 Å². The average Bonchev–Trinajstić information content (AvgIpc) is 3.03. The van der Waals surface area contributed by atoms with E-state index in [1.807, 2.05) is 18.2 Å². The Balaban J connectivity index is 1.92. The lowest BCUT2D eigenvalue weighted by atomic mass is 10.0. The van der Waals surface area contributed by atoms with Crippen LogP contribution in [0, 0.1) is 0 Å². The zero-order valence-electron chi connectivity index (χ0n) is 11.2. The highest BCUT2D eigenvalue weighted by Gasteiger charge is 2.32. The number of ether oxygens (including phenoxy) is 2. The van der Waals surface area contributed by atoms with Crippen molar-refractivity contribution in [2.45, 2.75) is 18.9 Å². The van der Waals surface area contributed by atoms with Crippen molar-refractivity contribution in [3.63, 3.8) is 0 Å². The largest absolute Gasteiger partial charge is 0.497 e. The van der Waals surface area contributed by atoms with Gasteiger partial charge in [-0.25, -0.2) is 4.98 Å². The van der Waals surface area contributed by atoms with Gasteiger partial charge in [0.1, 0.15) is 11.3 Å². The number of fused-ring (bicyclic) bond motifs is 1. The predicted octanol–water partition coefficient (Wildman–Crippen LogP) is 1.93. The molecular formula is C14H18N2O3. The molecule has 0 saturated carbocycles. The molecule has 1 aliphatic heterocycles. The van der Waals surface area contributed by atoms with Crippen LogP contribution in [0.15, 0.2) is 22.6 Å². The molecular weight excluding hydrogens is 244 g/mol. The summed E-state index contributed by atoms with van der Waals surface area (Å²) < 4.78 is 16.6. The van der Waals surface area contributed by atoms with Gasteiger partial charge < -0.3 is 19.2 Å².